The van der Waals surface area contributed by atoms with Crippen LogP contribution in [-0.2, 0) is 6.18 Å². The molecule has 0 spiro atoms. The van der Waals surface area contributed by atoms with Crippen LogP contribution in [0.3, 0.4) is 0 Å². The molecule has 0 unspecified atom stereocenters. The third-order valence-corrected chi connectivity index (χ3v) is 3.51. The first-order valence-corrected chi connectivity index (χ1v) is 6.59. The summed E-state index contributed by atoms with van der Waals surface area (Å²) < 4.78 is 37.6. The maximum absolute atomic E-state index is 12.5. The van der Waals surface area contributed by atoms with Gasteiger partial charge in [-0.25, -0.2) is 0 Å². The van der Waals surface area contributed by atoms with Crippen molar-refractivity contribution >= 4 is 46.4 Å². The van der Waals surface area contributed by atoms with Crippen LogP contribution in [0.25, 0.3) is 11.3 Å². The number of alkyl halides is 3. The quantitative estimate of drug-likeness (QED) is 0.574. The molecular formula is C12H4Cl4F3N. The van der Waals surface area contributed by atoms with Gasteiger partial charge in [0.15, 0.2) is 0 Å². The fourth-order valence-electron chi connectivity index (χ4n) is 1.55. The Bertz CT molecular complexity index is 647. The first-order valence-electron chi connectivity index (χ1n) is 5.08. The molecule has 8 heteroatoms. The van der Waals surface area contributed by atoms with Gasteiger partial charge in [0.05, 0.1) is 26.3 Å². The Labute approximate surface area is 132 Å². The van der Waals surface area contributed by atoms with E-state index in [2.05, 4.69) is 4.98 Å². The summed E-state index contributed by atoms with van der Waals surface area (Å²) in [6.07, 6.45) is -3.86. The Kier molecular flexibility index (Phi) is 4.40. The molecule has 0 bridgehead atoms. The minimum absolute atomic E-state index is 0.0614. The van der Waals surface area contributed by atoms with E-state index in [1.807, 2.05) is 0 Å². The second-order valence-corrected chi connectivity index (χ2v) is 5.45. The lowest BCUT2D eigenvalue weighted by atomic mass is 10.1. The standard InChI is InChI=1S/C12H4Cl4F3N/c13-6-2-7(14)10(8(15)3-6)11-9(16)1-5(4-20-11)12(17,18)19/h1-4H. The van der Waals surface area contributed by atoms with Crippen molar-refractivity contribution in [1.29, 1.82) is 0 Å². The van der Waals surface area contributed by atoms with Crippen molar-refractivity contribution in [3.05, 3.63) is 50.0 Å². The van der Waals surface area contributed by atoms with Crippen LogP contribution in [0.15, 0.2) is 24.4 Å². The molecule has 0 fully saturated rings. The maximum Gasteiger partial charge on any atom is 0.417 e. The highest BCUT2D eigenvalue weighted by atomic mass is 35.5. The zero-order chi connectivity index (χ0) is 15.1. The summed E-state index contributed by atoms with van der Waals surface area (Å²) in [5.41, 5.74) is -0.657. The molecule has 0 N–H and O–H groups in total. The van der Waals surface area contributed by atoms with Crippen LogP contribution in [0.4, 0.5) is 13.2 Å². The van der Waals surface area contributed by atoms with Crippen LogP contribution in [0.5, 0.6) is 0 Å². The number of rotatable bonds is 1. The van der Waals surface area contributed by atoms with Crippen molar-refractivity contribution in [3.63, 3.8) is 0 Å². The number of benzene rings is 1. The Hall–Kier alpha value is -0.680. The SMILES string of the molecule is FC(F)(F)c1cnc(-c2c(Cl)cc(Cl)cc2Cl)c(Cl)c1. The smallest absolute Gasteiger partial charge is 0.254 e. The van der Waals surface area contributed by atoms with Gasteiger partial charge in [-0.15, -0.1) is 0 Å². The van der Waals surface area contributed by atoms with Crippen LogP contribution in [-0.4, -0.2) is 4.98 Å². The zero-order valence-corrected chi connectivity index (χ0v) is 12.4. The zero-order valence-electron chi connectivity index (χ0n) is 9.40. The molecule has 0 saturated carbocycles. The van der Waals surface area contributed by atoms with Crippen molar-refractivity contribution in [2.24, 2.45) is 0 Å². The van der Waals surface area contributed by atoms with Gasteiger partial charge in [-0.1, -0.05) is 46.4 Å². The van der Waals surface area contributed by atoms with Crippen LogP contribution >= 0.6 is 46.4 Å². The summed E-state index contributed by atoms with van der Waals surface area (Å²) in [6.45, 7) is 0. The van der Waals surface area contributed by atoms with Crippen molar-refractivity contribution < 1.29 is 13.2 Å². The van der Waals surface area contributed by atoms with Crippen LogP contribution < -0.4 is 0 Å². The topological polar surface area (TPSA) is 12.9 Å². The van der Waals surface area contributed by atoms with Gasteiger partial charge in [0.2, 0.25) is 0 Å². The van der Waals surface area contributed by atoms with Crippen molar-refractivity contribution in [2.45, 2.75) is 6.18 Å². The van der Waals surface area contributed by atoms with E-state index < -0.39 is 11.7 Å². The molecule has 0 radical (unpaired) electrons. The van der Waals surface area contributed by atoms with Gasteiger partial charge in [-0.05, 0) is 18.2 Å². The number of hydrogen-bond acceptors (Lipinski definition) is 1. The normalized spacial score (nSPS) is 11.8. The number of halogens is 7. The Morgan fingerprint density at radius 1 is 0.850 bits per heavy atom. The fraction of sp³-hybridized carbons (Fsp3) is 0.0833. The lowest BCUT2D eigenvalue weighted by molar-refractivity contribution is -0.137. The molecule has 0 saturated heterocycles. The largest absolute Gasteiger partial charge is 0.417 e. The molecule has 2 rings (SSSR count). The van der Waals surface area contributed by atoms with Gasteiger partial charge in [0.1, 0.15) is 0 Å². The lowest BCUT2D eigenvalue weighted by Gasteiger charge is -2.11. The maximum atomic E-state index is 12.5. The molecule has 1 aromatic carbocycles. The molecular weight excluding hydrogens is 357 g/mol. The minimum Gasteiger partial charge on any atom is -0.254 e. The fourth-order valence-corrected chi connectivity index (χ4v) is 2.80. The van der Waals surface area contributed by atoms with Crippen LogP contribution in [0.1, 0.15) is 5.56 Å². The first-order chi connectivity index (χ1) is 9.20. The first kappa shape index (κ1) is 15.7. The molecule has 0 atom stereocenters. The Morgan fingerprint density at radius 3 is 1.85 bits per heavy atom. The van der Waals surface area contributed by atoms with Crippen molar-refractivity contribution in [2.75, 3.05) is 0 Å². The van der Waals surface area contributed by atoms with E-state index >= 15 is 0 Å². The van der Waals surface area contributed by atoms with E-state index in [1.54, 1.807) is 0 Å². The molecule has 20 heavy (non-hydrogen) atoms. The van der Waals surface area contributed by atoms with Gasteiger partial charge in [-0.3, -0.25) is 4.98 Å². The predicted octanol–water partition coefficient (Wildman–Crippen LogP) is 6.38. The number of hydrogen-bond donors (Lipinski definition) is 0. The summed E-state index contributed by atoms with van der Waals surface area (Å²) in [5.74, 6) is 0. The van der Waals surface area contributed by atoms with Gasteiger partial charge >= 0.3 is 6.18 Å². The van der Waals surface area contributed by atoms with Gasteiger partial charge in [0.25, 0.3) is 0 Å². The molecule has 106 valence electrons. The second kappa shape index (κ2) is 5.60. The van der Waals surface area contributed by atoms with E-state index in [0.717, 1.165) is 6.07 Å². The predicted molar refractivity (Wildman–Crippen MR) is 74.7 cm³/mol. The summed E-state index contributed by atoms with van der Waals surface area (Å²) in [6, 6.07) is 3.57. The van der Waals surface area contributed by atoms with Crippen molar-refractivity contribution in [3.8, 4) is 11.3 Å². The minimum atomic E-state index is -4.53. The van der Waals surface area contributed by atoms with E-state index in [0.29, 0.717) is 11.2 Å². The van der Waals surface area contributed by atoms with Gasteiger partial charge < -0.3 is 0 Å². The average Bonchev–Trinajstić information content (AvgIpc) is 2.28. The Morgan fingerprint density at radius 2 is 1.40 bits per heavy atom. The third kappa shape index (κ3) is 3.14. The van der Waals surface area contributed by atoms with Crippen LogP contribution in [0, 0.1) is 0 Å². The van der Waals surface area contributed by atoms with E-state index in [1.165, 1.54) is 12.1 Å². The number of aromatic nitrogens is 1. The highest BCUT2D eigenvalue weighted by Gasteiger charge is 2.32. The van der Waals surface area contributed by atoms with Crippen LogP contribution in [0.2, 0.25) is 20.1 Å². The monoisotopic (exact) mass is 359 g/mol. The van der Waals surface area contributed by atoms with E-state index in [4.69, 9.17) is 46.4 Å². The van der Waals surface area contributed by atoms with E-state index in [9.17, 15) is 13.2 Å². The summed E-state index contributed by atoms with van der Waals surface area (Å²) in [7, 11) is 0. The molecule has 0 aliphatic carbocycles. The Balaban J connectivity index is 2.61. The molecule has 0 aliphatic rings. The highest BCUT2D eigenvalue weighted by molar-refractivity contribution is 6.43. The van der Waals surface area contributed by atoms with Gasteiger partial charge in [0, 0.05) is 16.8 Å². The highest BCUT2D eigenvalue weighted by Crippen LogP contribution is 2.40. The number of pyridine rings is 1. The molecule has 1 nitrogen and oxygen atoms in total. The summed E-state index contributed by atoms with van der Waals surface area (Å²) >= 11 is 23.6. The average molecular weight is 361 g/mol. The van der Waals surface area contributed by atoms with Crippen molar-refractivity contribution in [1.82, 2.24) is 4.98 Å². The molecule has 2 aromatic rings. The third-order valence-electron chi connectivity index (χ3n) is 2.41. The summed E-state index contributed by atoms with van der Waals surface area (Å²) in [4.78, 5) is 3.70. The molecule has 1 aromatic heterocycles. The summed E-state index contributed by atoms with van der Waals surface area (Å²) in [5, 5.41) is 0.394. The number of nitrogens with zero attached hydrogens (tertiary/aromatic N) is 1. The van der Waals surface area contributed by atoms with E-state index in [-0.39, 0.29) is 26.3 Å². The molecule has 0 aliphatic heterocycles. The lowest BCUT2D eigenvalue weighted by Crippen LogP contribution is -2.06. The second-order valence-electron chi connectivity index (χ2n) is 3.80. The van der Waals surface area contributed by atoms with Gasteiger partial charge in [-0.2, -0.15) is 13.2 Å². The molecule has 0 amide bonds. The molecule has 1 heterocycles.